The van der Waals surface area contributed by atoms with Crippen molar-refractivity contribution in [1.29, 1.82) is 0 Å². The summed E-state index contributed by atoms with van der Waals surface area (Å²) in [6, 6.07) is 27.5. The number of fused-ring (bicyclic) bond motifs is 5. The number of urea groups is 2. The summed E-state index contributed by atoms with van der Waals surface area (Å²) >= 11 is 6.23. The summed E-state index contributed by atoms with van der Waals surface area (Å²) in [4.78, 5) is 41.4. The first kappa shape index (κ1) is 59.8. The summed E-state index contributed by atoms with van der Waals surface area (Å²) in [5.41, 5.74) is 6.55. The number of carbonyl (C=O) groups excluding carboxylic acids is 3. The van der Waals surface area contributed by atoms with Gasteiger partial charge in [0.2, 0.25) is 0 Å². The molecule has 1 aromatic heterocycles. The van der Waals surface area contributed by atoms with Crippen LogP contribution in [-0.4, -0.2) is 112 Å². The van der Waals surface area contributed by atoms with Gasteiger partial charge >= 0.3 is 12.1 Å². The predicted octanol–water partition coefficient (Wildman–Crippen LogP) is 12.5. The van der Waals surface area contributed by atoms with Crippen molar-refractivity contribution < 1.29 is 51.6 Å². The lowest BCUT2D eigenvalue weighted by Gasteiger charge is -2.46. The fourth-order valence-corrected chi connectivity index (χ4v) is 10.8. The van der Waals surface area contributed by atoms with Crippen LogP contribution in [0.1, 0.15) is 70.2 Å². The fourth-order valence-electron chi connectivity index (χ4n) is 10.6. The first-order chi connectivity index (χ1) is 39.3. The molecular weight excluding hydrogens is 1070 g/mol. The summed E-state index contributed by atoms with van der Waals surface area (Å²) in [6.45, 7) is 13.0. The van der Waals surface area contributed by atoms with Gasteiger partial charge in [0.1, 0.15) is 52.7 Å². The Morgan fingerprint density at radius 3 is 1.98 bits per heavy atom. The zero-order valence-corrected chi connectivity index (χ0v) is 48.8. The van der Waals surface area contributed by atoms with Gasteiger partial charge in [-0.2, -0.15) is 0 Å². The molecule has 436 valence electrons. The number of amides is 5. The second-order valence-electron chi connectivity index (χ2n) is 21.1. The number of rotatable bonds is 12. The highest BCUT2D eigenvalue weighted by Crippen LogP contribution is 2.44. The van der Waals surface area contributed by atoms with E-state index < -0.39 is 0 Å². The number of methoxy groups -OCH3 is 5. The van der Waals surface area contributed by atoms with Crippen LogP contribution in [-0.2, 0) is 10.3 Å². The lowest BCUT2D eigenvalue weighted by atomic mass is 9.77. The molecule has 4 aliphatic heterocycles. The van der Waals surface area contributed by atoms with Gasteiger partial charge in [0, 0.05) is 73.0 Å². The molecule has 0 bridgehead atoms. The van der Waals surface area contributed by atoms with E-state index in [1.54, 1.807) is 73.7 Å². The third-order valence-electron chi connectivity index (χ3n) is 15.4. The molecule has 4 aliphatic rings. The van der Waals surface area contributed by atoms with Gasteiger partial charge in [-0.1, -0.05) is 31.5 Å². The Morgan fingerprint density at radius 1 is 0.671 bits per heavy atom. The van der Waals surface area contributed by atoms with Crippen LogP contribution in [0.5, 0.6) is 34.5 Å². The van der Waals surface area contributed by atoms with Crippen molar-refractivity contribution in [3.05, 3.63) is 142 Å². The second-order valence-corrected chi connectivity index (χ2v) is 21.5. The van der Waals surface area contributed by atoms with Crippen LogP contribution in [0.4, 0.5) is 41.1 Å². The van der Waals surface area contributed by atoms with Crippen LogP contribution < -0.4 is 55.0 Å². The van der Waals surface area contributed by atoms with Gasteiger partial charge in [0.15, 0.2) is 0 Å². The lowest BCUT2D eigenvalue weighted by molar-refractivity contribution is -0.113. The zero-order valence-electron chi connectivity index (χ0n) is 48.1. The van der Waals surface area contributed by atoms with Crippen LogP contribution in [0, 0.1) is 24.5 Å². The maximum absolute atomic E-state index is 13.9. The third kappa shape index (κ3) is 13.5. The van der Waals surface area contributed by atoms with E-state index in [9.17, 15) is 23.2 Å². The molecule has 0 radical (unpaired) electrons. The van der Waals surface area contributed by atoms with Crippen molar-refractivity contribution in [2.75, 3.05) is 89.6 Å². The van der Waals surface area contributed by atoms with E-state index in [4.69, 9.17) is 40.0 Å². The number of carbonyl (C=O) groups is 3. The quantitative estimate of drug-likeness (QED) is 0.0788. The van der Waals surface area contributed by atoms with E-state index in [0.29, 0.717) is 95.7 Å². The maximum atomic E-state index is 13.9. The molecule has 20 heteroatoms. The highest BCUT2D eigenvalue weighted by atomic mass is 35.5. The van der Waals surface area contributed by atoms with E-state index in [2.05, 4.69) is 51.1 Å². The molecule has 0 unspecified atom stereocenters. The van der Waals surface area contributed by atoms with E-state index in [1.807, 2.05) is 56.1 Å². The monoisotopic (exact) mass is 1150 g/mol. The maximum Gasteiger partial charge on any atom is 0.321 e. The number of piperidine rings is 2. The third-order valence-corrected chi connectivity index (χ3v) is 15.7. The smallest absolute Gasteiger partial charge is 0.321 e. The number of anilines is 4. The molecule has 2 saturated heterocycles. The van der Waals surface area contributed by atoms with Crippen LogP contribution in [0.25, 0.3) is 11.8 Å². The Kier molecular flexibility index (Phi) is 19.0. The largest absolute Gasteiger partial charge is 0.497 e. The number of nitrogens with one attached hydrogen (secondary N) is 5. The van der Waals surface area contributed by atoms with Crippen LogP contribution in [0.3, 0.4) is 0 Å². The Morgan fingerprint density at radius 2 is 1.30 bits per heavy atom. The van der Waals surface area contributed by atoms with Gasteiger partial charge in [0.05, 0.1) is 74.4 Å². The average molecular weight is 1150 g/mol. The Balaban J connectivity index is 0.000000164. The normalized spacial score (nSPS) is 15.2. The minimum absolute atomic E-state index is 0.00397. The van der Waals surface area contributed by atoms with E-state index >= 15 is 0 Å². The number of ether oxygens (including phenoxy) is 6. The Hall–Kier alpha value is -8.32. The number of likely N-dealkylation sites (tertiary alicyclic amines) is 2. The molecule has 1 spiro atoms. The van der Waals surface area contributed by atoms with E-state index in [-0.39, 0.29) is 53.3 Å². The summed E-state index contributed by atoms with van der Waals surface area (Å²) in [7, 11) is 7.75. The van der Waals surface area contributed by atoms with Gasteiger partial charge in [-0.15, -0.1) is 0 Å². The molecule has 5 aromatic carbocycles. The number of nitrogens with zero attached hydrogens (tertiary/aromatic N) is 3. The number of aromatic nitrogens is 1. The SMILES string of the molecule is COc1cc(OC)c(NC(=O)N2CCC3(CC2)Nc2cc(F)ccc2-n2cccc23)cc1Cl.COc1ccc2c(c1)C=C(C(=O)Nc1ccc(OC)cc1OC)CO2.Cc1ccc(F)cc1NC1(C(C)C)CCN(C(=O)NC(C)C)CC1. The molecule has 0 aliphatic carbocycles. The number of aryl methyl sites for hydroxylation is 1. The van der Waals surface area contributed by atoms with Gasteiger partial charge in [0.25, 0.3) is 5.91 Å². The molecule has 10 rings (SSSR count). The minimum atomic E-state index is -0.373. The standard InChI is InChI=1S/C24H24ClFN4O3.C19H30FN3O.C19H19NO5/c1-32-20-14-21(33-2)18(13-16(20)25)27-23(31)29-10-7-24(8-11-29)22-4-3-9-30(22)19-6-5-15(26)12-17(19)28-24;1-13(2)19(22-17-12-16(20)7-6-15(17)5)8-10-23(11-9-19)18(24)21-14(3)4;1-22-14-5-7-17-12(9-14)8-13(11-25-17)19(21)20-16-6-4-15(23-2)10-18(16)24-3/h3-6,9,12-14,28H,7-8,10-11H2,1-2H3,(H,27,31);6-7,12-14,22H,8-11H2,1-5H3,(H,21,24);4-10H,11H2,1-3H3,(H,20,21). The summed E-state index contributed by atoms with van der Waals surface area (Å²) < 4.78 is 61.6. The van der Waals surface area contributed by atoms with Gasteiger partial charge < -0.3 is 69.4 Å². The van der Waals surface area contributed by atoms with Gasteiger partial charge in [-0.25, -0.2) is 18.4 Å². The molecule has 2 fully saturated rings. The van der Waals surface area contributed by atoms with Crippen molar-refractivity contribution in [3.8, 4) is 40.2 Å². The van der Waals surface area contributed by atoms with Gasteiger partial charge in [-0.05, 0) is 143 Å². The minimum Gasteiger partial charge on any atom is -0.497 e. The molecule has 6 aromatic rings. The van der Waals surface area contributed by atoms with Crippen LogP contribution in [0.2, 0.25) is 5.02 Å². The molecule has 0 saturated carbocycles. The summed E-state index contributed by atoms with van der Waals surface area (Å²) in [5.74, 6) is 3.15. The number of hydrogen-bond donors (Lipinski definition) is 5. The van der Waals surface area contributed by atoms with E-state index in [1.165, 1.54) is 39.5 Å². The van der Waals surface area contributed by atoms with Crippen LogP contribution >= 0.6 is 11.6 Å². The zero-order chi connectivity index (χ0) is 58.9. The van der Waals surface area contributed by atoms with Crippen molar-refractivity contribution in [1.82, 2.24) is 19.7 Å². The molecule has 5 N–H and O–H groups in total. The van der Waals surface area contributed by atoms with Crippen molar-refractivity contribution in [3.63, 3.8) is 0 Å². The first-order valence-electron chi connectivity index (χ1n) is 27.2. The number of hydrogen-bond acceptors (Lipinski definition) is 11. The van der Waals surface area contributed by atoms with E-state index in [0.717, 1.165) is 52.5 Å². The van der Waals surface area contributed by atoms with Gasteiger partial charge in [-0.3, -0.25) is 4.79 Å². The fraction of sp³-hybridized carbons (Fsp3) is 0.371. The van der Waals surface area contributed by atoms with Crippen LogP contribution in [0.15, 0.2) is 109 Å². The second kappa shape index (κ2) is 26.1. The number of halogens is 3. The first-order valence-corrected chi connectivity index (χ1v) is 27.6. The molecular formula is C62H73ClF2N8O9. The van der Waals surface area contributed by atoms with Crippen molar-refractivity contribution in [2.24, 2.45) is 5.92 Å². The average Bonchev–Trinajstić information content (AvgIpc) is 2.59. The summed E-state index contributed by atoms with van der Waals surface area (Å²) in [5, 5.41) is 16.3. The summed E-state index contributed by atoms with van der Waals surface area (Å²) in [6.07, 6.45) is 6.86. The Labute approximate surface area is 483 Å². The highest BCUT2D eigenvalue weighted by Gasteiger charge is 2.43. The molecule has 5 amide bonds. The van der Waals surface area contributed by atoms with Crippen molar-refractivity contribution in [2.45, 2.75) is 77.4 Å². The topological polar surface area (TPSA) is 178 Å². The Bertz CT molecular complexity index is 3300. The molecule has 17 nitrogen and oxygen atoms in total. The molecule has 5 heterocycles. The lowest BCUT2D eigenvalue weighted by Crippen LogP contribution is -2.55. The molecule has 82 heavy (non-hydrogen) atoms. The molecule has 0 atom stereocenters. The van der Waals surface area contributed by atoms with Crippen molar-refractivity contribution >= 4 is 58.4 Å². The number of benzene rings is 5. The predicted molar refractivity (Wildman–Crippen MR) is 317 cm³/mol. The highest BCUT2D eigenvalue weighted by molar-refractivity contribution is 6.32.